The molecule has 0 radical (unpaired) electrons. The molecule has 22 heavy (non-hydrogen) atoms. The number of aromatic nitrogens is 2. The number of anilines is 1. The number of hydrogen-bond donors (Lipinski definition) is 1. The average Bonchev–Trinajstić information content (AvgIpc) is 3.21. The monoisotopic (exact) mass is 320 g/mol. The third kappa shape index (κ3) is 2.59. The Morgan fingerprint density at radius 1 is 1.23 bits per heavy atom. The summed E-state index contributed by atoms with van der Waals surface area (Å²) in [4.78, 5) is 6.85. The summed E-state index contributed by atoms with van der Waals surface area (Å²) in [6, 6.07) is 8.50. The van der Waals surface area contributed by atoms with Gasteiger partial charge in [-0.05, 0) is 30.9 Å². The van der Waals surface area contributed by atoms with E-state index in [-0.39, 0.29) is 17.9 Å². The fourth-order valence-electron chi connectivity index (χ4n) is 3.48. The van der Waals surface area contributed by atoms with Gasteiger partial charge in [0.05, 0.1) is 12.1 Å². The van der Waals surface area contributed by atoms with E-state index in [9.17, 15) is 0 Å². The lowest BCUT2D eigenvalue weighted by Gasteiger charge is -2.18. The van der Waals surface area contributed by atoms with Gasteiger partial charge in [0.1, 0.15) is 0 Å². The second-order valence-electron chi connectivity index (χ2n) is 6.18. The van der Waals surface area contributed by atoms with Gasteiger partial charge in [-0.3, -0.25) is 0 Å². The maximum absolute atomic E-state index is 6.38. The van der Waals surface area contributed by atoms with Crippen LogP contribution < -0.4 is 10.6 Å². The van der Waals surface area contributed by atoms with Crippen molar-refractivity contribution in [2.75, 3.05) is 11.4 Å². The number of hydrogen-bond acceptors (Lipinski definition) is 5. The predicted octanol–water partition coefficient (Wildman–Crippen LogP) is 2.78. The smallest absolute Gasteiger partial charge is 0.246 e. The van der Waals surface area contributed by atoms with Gasteiger partial charge >= 0.3 is 0 Å². The number of nitrogens with two attached hydrogens (primary N) is 1. The fraction of sp³-hybridized carbons (Fsp3) is 0.500. The summed E-state index contributed by atoms with van der Waals surface area (Å²) in [6.45, 7) is 1.67. The molecule has 1 aliphatic carbocycles. The lowest BCUT2D eigenvalue weighted by atomic mass is 9.99. The zero-order valence-electron chi connectivity index (χ0n) is 12.5. The van der Waals surface area contributed by atoms with Gasteiger partial charge in [0, 0.05) is 12.2 Å². The summed E-state index contributed by atoms with van der Waals surface area (Å²) in [7, 11) is 0. The Kier molecular flexibility index (Phi) is 4.10. The van der Waals surface area contributed by atoms with Crippen LogP contribution in [-0.4, -0.2) is 16.7 Å². The Balaban J connectivity index is 0.00000144. The molecule has 118 valence electrons. The lowest BCUT2D eigenvalue weighted by molar-refractivity contribution is 0.348. The molecule has 0 bridgehead atoms. The summed E-state index contributed by atoms with van der Waals surface area (Å²) in [5, 5.41) is 4.13. The van der Waals surface area contributed by atoms with E-state index >= 15 is 0 Å². The van der Waals surface area contributed by atoms with Crippen LogP contribution in [0, 0.1) is 0 Å². The first-order valence-corrected chi connectivity index (χ1v) is 7.69. The van der Waals surface area contributed by atoms with Gasteiger partial charge in [0.15, 0.2) is 5.82 Å². The molecule has 0 amide bonds. The number of para-hydroxylation sites is 1. The molecule has 2 aromatic rings. The highest BCUT2D eigenvalue weighted by atomic mass is 35.5. The van der Waals surface area contributed by atoms with Gasteiger partial charge < -0.3 is 15.2 Å². The molecule has 6 heteroatoms. The van der Waals surface area contributed by atoms with Crippen molar-refractivity contribution in [1.29, 1.82) is 0 Å². The molecule has 2 N–H and O–H groups in total. The summed E-state index contributed by atoms with van der Waals surface area (Å²) in [6.07, 6.45) is 5.30. The van der Waals surface area contributed by atoms with E-state index in [1.165, 1.54) is 11.3 Å². The summed E-state index contributed by atoms with van der Waals surface area (Å²) in [5.74, 6) is 1.35. The van der Waals surface area contributed by atoms with E-state index in [1.807, 2.05) is 0 Å². The maximum Gasteiger partial charge on any atom is 0.246 e. The molecule has 0 unspecified atom stereocenters. The maximum atomic E-state index is 6.38. The molecule has 0 atom stereocenters. The number of halogens is 1. The molecule has 5 nitrogen and oxygen atoms in total. The minimum absolute atomic E-state index is 0. The van der Waals surface area contributed by atoms with Crippen LogP contribution in [0.4, 0.5) is 5.69 Å². The Morgan fingerprint density at radius 3 is 2.82 bits per heavy atom. The normalized spacial score (nSPS) is 19.0. The second-order valence-corrected chi connectivity index (χ2v) is 6.18. The van der Waals surface area contributed by atoms with Crippen LogP contribution in [0.1, 0.15) is 43.0 Å². The molecule has 1 aliphatic heterocycles. The molecule has 1 aromatic carbocycles. The Hall–Kier alpha value is -1.59. The quantitative estimate of drug-likeness (QED) is 0.941. The van der Waals surface area contributed by atoms with Crippen molar-refractivity contribution in [3.8, 4) is 0 Å². The van der Waals surface area contributed by atoms with Gasteiger partial charge in [-0.15, -0.1) is 12.4 Å². The molecular formula is C16H21ClN4O. The van der Waals surface area contributed by atoms with Crippen molar-refractivity contribution in [3.63, 3.8) is 0 Å². The van der Waals surface area contributed by atoms with Crippen LogP contribution in [-0.2, 0) is 18.5 Å². The molecule has 0 spiro atoms. The first-order valence-electron chi connectivity index (χ1n) is 7.69. The zero-order valence-corrected chi connectivity index (χ0v) is 13.3. The zero-order chi connectivity index (χ0) is 14.3. The topological polar surface area (TPSA) is 68.2 Å². The van der Waals surface area contributed by atoms with Gasteiger partial charge in [-0.2, -0.15) is 4.98 Å². The third-order valence-electron chi connectivity index (χ3n) is 4.72. The van der Waals surface area contributed by atoms with Crippen LogP contribution in [0.5, 0.6) is 0 Å². The minimum Gasteiger partial charge on any atom is -0.362 e. The van der Waals surface area contributed by atoms with E-state index < -0.39 is 0 Å². The number of rotatable bonds is 3. The number of fused-ring (bicyclic) bond motifs is 1. The molecule has 2 aliphatic rings. The largest absolute Gasteiger partial charge is 0.362 e. The van der Waals surface area contributed by atoms with Crippen molar-refractivity contribution in [3.05, 3.63) is 41.5 Å². The summed E-state index contributed by atoms with van der Waals surface area (Å²) in [5.41, 5.74) is 8.68. The lowest BCUT2D eigenvalue weighted by Crippen LogP contribution is -2.34. The molecule has 4 rings (SSSR count). The molecule has 1 saturated carbocycles. The van der Waals surface area contributed by atoms with E-state index in [1.54, 1.807) is 0 Å². The van der Waals surface area contributed by atoms with Crippen molar-refractivity contribution in [2.45, 2.75) is 44.2 Å². The van der Waals surface area contributed by atoms with E-state index in [4.69, 9.17) is 10.3 Å². The fourth-order valence-corrected chi connectivity index (χ4v) is 3.48. The molecule has 1 aromatic heterocycles. The SMILES string of the molecule is Cl.NC1(c2noc(CN3CCc4ccccc43)n2)CCCC1. The van der Waals surface area contributed by atoms with Crippen LogP contribution in [0.2, 0.25) is 0 Å². The predicted molar refractivity (Wildman–Crippen MR) is 87.1 cm³/mol. The van der Waals surface area contributed by atoms with Crippen molar-refractivity contribution in [1.82, 2.24) is 10.1 Å². The van der Waals surface area contributed by atoms with E-state index in [2.05, 4.69) is 39.3 Å². The second kappa shape index (κ2) is 5.89. The summed E-state index contributed by atoms with van der Waals surface area (Å²) < 4.78 is 5.44. The van der Waals surface area contributed by atoms with Gasteiger partial charge in [-0.25, -0.2) is 0 Å². The number of nitrogens with zero attached hydrogens (tertiary/aromatic N) is 3. The van der Waals surface area contributed by atoms with Gasteiger partial charge in [0.2, 0.25) is 5.89 Å². The van der Waals surface area contributed by atoms with Crippen LogP contribution >= 0.6 is 12.4 Å². The summed E-state index contributed by atoms with van der Waals surface area (Å²) >= 11 is 0. The highest BCUT2D eigenvalue weighted by Gasteiger charge is 2.36. The highest BCUT2D eigenvalue weighted by Crippen LogP contribution is 2.35. The van der Waals surface area contributed by atoms with Crippen molar-refractivity contribution in [2.24, 2.45) is 5.73 Å². The van der Waals surface area contributed by atoms with Crippen molar-refractivity contribution >= 4 is 18.1 Å². The van der Waals surface area contributed by atoms with Crippen molar-refractivity contribution < 1.29 is 4.52 Å². The number of benzene rings is 1. The third-order valence-corrected chi connectivity index (χ3v) is 4.72. The molecule has 1 fully saturated rings. The Morgan fingerprint density at radius 2 is 2.00 bits per heavy atom. The Bertz CT molecular complexity index is 651. The first kappa shape index (κ1) is 15.3. The molecule has 0 saturated heterocycles. The van der Waals surface area contributed by atoms with Crippen LogP contribution in [0.25, 0.3) is 0 Å². The van der Waals surface area contributed by atoms with Crippen LogP contribution in [0.15, 0.2) is 28.8 Å². The standard InChI is InChI=1S/C16H20N4O.ClH/c17-16(8-3-4-9-16)15-18-14(21-19-15)11-20-10-7-12-5-1-2-6-13(12)20;/h1-2,5-6H,3-4,7-11,17H2;1H. The van der Waals surface area contributed by atoms with Gasteiger partial charge in [0.25, 0.3) is 0 Å². The Labute approximate surface area is 136 Å². The highest BCUT2D eigenvalue weighted by molar-refractivity contribution is 5.85. The molecule has 2 heterocycles. The minimum atomic E-state index is -0.370. The van der Waals surface area contributed by atoms with E-state index in [0.29, 0.717) is 18.3 Å². The first-order chi connectivity index (χ1) is 10.2. The van der Waals surface area contributed by atoms with Gasteiger partial charge in [-0.1, -0.05) is 36.2 Å². The average molecular weight is 321 g/mol. The van der Waals surface area contributed by atoms with Crippen LogP contribution in [0.3, 0.4) is 0 Å². The molecular weight excluding hydrogens is 300 g/mol. The van der Waals surface area contributed by atoms with E-state index in [0.717, 1.165) is 38.6 Å².